The Hall–Kier alpha value is -3.67. The van der Waals surface area contributed by atoms with E-state index in [0.717, 1.165) is 46.7 Å². The second-order valence-electron chi connectivity index (χ2n) is 7.34. The van der Waals surface area contributed by atoms with E-state index in [1.807, 2.05) is 62.4 Å². The highest BCUT2D eigenvalue weighted by Crippen LogP contribution is 2.36. The fourth-order valence-electron chi connectivity index (χ4n) is 3.86. The first-order valence-corrected chi connectivity index (χ1v) is 9.87. The molecule has 1 amide bonds. The molecule has 3 aromatic rings. The van der Waals surface area contributed by atoms with Crippen LogP contribution in [0, 0.1) is 13.8 Å². The fraction of sp³-hybridized carbons (Fsp3) is 0.208. The molecule has 0 radical (unpaired) electrons. The molecule has 0 bridgehead atoms. The van der Waals surface area contributed by atoms with E-state index < -0.39 is 5.91 Å². The Bertz CT molecular complexity index is 1190. The van der Waals surface area contributed by atoms with Crippen LogP contribution in [0.3, 0.4) is 0 Å². The van der Waals surface area contributed by atoms with Crippen LogP contribution in [0.2, 0.25) is 0 Å². The van der Waals surface area contributed by atoms with Crippen molar-refractivity contribution in [2.45, 2.75) is 26.7 Å². The first kappa shape index (κ1) is 19.6. The number of para-hydroxylation sites is 1. The minimum absolute atomic E-state index is 0.0591. The van der Waals surface area contributed by atoms with Crippen LogP contribution >= 0.6 is 0 Å². The summed E-state index contributed by atoms with van der Waals surface area (Å²) in [5.41, 5.74) is 12.5. The van der Waals surface area contributed by atoms with Crippen molar-refractivity contribution in [1.29, 1.82) is 0 Å². The number of aliphatic imine (C=N–C) groups is 1. The summed E-state index contributed by atoms with van der Waals surface area (Å²) in [5, 5.41) is 4.28. The van der Waals surface area contributed by atoms with Gasteiger partial charge in [-0.15, -0.1) is 0 Å². The van der Waals surface area contributed by atoms with Gasteiger partial charge in [0.25, 0.3) is 5.91 Å². The molecule has 0 unspecified atom stereocenters. The molecular weight excluding hydrogens is 376 g/mol. The largest absolute Gasteiger partial charge is 0.496 e. The second-order valence-corrected chi connectivity index (χ2v) is 7.34. The molecule has 0 fully saturated rings. The molecule has 0 atom stereocenters. The number of aromatic nitrogens is 2. The summed E-state index contributed by atoms with van der Waals surface area (Å²) in [6, 6.07) is 15.5. The van der Waals surface area contributed by atoms with Crippen molar-refractivity contribution in [1.82, 2.24) is 9.78 Å². The Morgan fingerprint density at radius 3 is 2.67 bits per heavy atom. The number of rotatable bonds is 3. The number of amides is 1. The highest BCUT2D eigenvalue weighted by atomic mass is 16.5. The number of nitrogens with two attached hydrogens (primary N) is 1. The quantitative estimate of drug-likeness (QED) is 0.534. The summed E-state index contributed by atoms with van der Waals surface area (Å²) >= 11 is 0. The number of carbonyl (C=O) groups excluding carboxylic acids is 1. The van der Waals surface area contributed by atoms with Gasteiger partial charge in [-0.25, -0.2) is 4.68 Å². The standard InChI is InChI=1S/C24H24N4O2/c1-15-13-16(2)28(27-15)24(25)26-23(29)18-12-11-17-7-6-9-19(21(17)14-18)20-8-4-5-10-22(20)30-3/h4-5,8-14H,6-7H2,1-3H3,(H2,25,26,29). The Labute approximate surface area is 175 Å². The molecule has 1 aromatic heterocycles. The summed E-state index contributed by atoms with van der Waals surface area (Å²) in [4.78, 5) is 16.9. The number of ether oxygens (including phenoxy) is 1. The Morgan fingerprint density at radius 2 is 1.93 bits per heavy atom. The maximum absolute atomic E-state index is 12.8. The van der Waals surface area contributed by atoms with Gasteiger partial charge in [-0.3, -0.25) is 4.79 Å². The number of nitrogens with zero attached hydrogens (tertiary/aromatic N) is 3. The number of hydrogen-bond acceptors (Lipinski definition) is 3. The van der Waals surface area contributed by atoms with Gasteiger partial charge in [-0.1, -0.05) is 30.3 Å². The Morgan fingerprint density at radius 1 is 1.13 bits per heavy atom. The Kier molecular flexibility index (Phi) is 5.23. The van der Waals surface area contributed by atoms with Gasteiger partial charge >= 0.3 is 0 Å². The summed E-state index contributed by atoms with van der Waals surface area (Å²) in [7, 11) is 1.67. The predicted molar refractivity (Wildman–Crippen MR) is 118 cm³/mol. The third kappa shape index (κ3) is 3.64. The van der Waals surface area contributed by atoms with E-state index in [4.69, 9.17) is 10.5 Å². The normalized spacial score (nSPS) is 13.6. The third-order valence-corrected chi connectivity index (χ3v) is 5.25. The number of allylic oxidation sites excluding steroid dienone is 1. The van der Waals surface area contributed by atoms with Gasteiger partial charge in [0.05, 0.1) is 12.8 Å². The maximum Gasteiger partial charge on any atom is 0.280 e. The molecular formula is C24H24N4O2. The van der Waals surface area contributed by atoms with Crippen molar-refractivity contribution in [3.63, 3.8) is 0 Å². The van der Waals surface area contributed by atoms with Gasteiger partial charge in [0, 0.05) is 16.8 Å². The molecule has 0 spiro atoms. The lowest BCUT2D eigenvalue weighted by Gasteiger charge is -2.20. The molecule has 2 aromatic carbocycles. The van der Waals surface area contributed by atoms with Crippen LogP contribution < -0.4 is 10.5 Å². The zero-order valence-electron chi connectivity index (χ0n) is 17.3. The van der Waals surface area contributed by atoms with Crippen LogP contribution in [0.5, 0.6) is 5.75 Å². The van der Waals surface area contributed by atoms with Crippen LogP contribution in [0.1, 0.15) is 44.9 Å². The molecule has 2 N–H and O–H groups in total. The molecule has 152 valence electrons. The zero-order chi connectivity index (χ0) is 21.3. The van der Waals surface area contributed by atoms with Crippen LogP contribution in [-0.4, -0.2) is 28.8 Å². The van der Waals surface area contributed by atoms with E-state index >= 15 is 0 Å². The van der Waals surface area contributed by atoms with Gasteiger partial charge in [0.15, 0.2) is 0 Å². The highest BCUT2D eigenvalue weighted by Gasteiger charge is 2.19. The van der Waals surface area contributed by atoms with E-state index in [0.29, 0.717) is 5.56 Å². The van der Waals surface area contributed by atoms with Crippen LogP contribution in [0.25, 0.3) is 5.57 Å². The molecule has 1 heterocycles. The first-order chi connectivity index (χ1) is 14.5. The Balaban J connectivity index is 1.71. The average molecular weight is 400 g/mol. The van der Waals surface area contributed by atoms with Gasteiger partial charge in [0.2, 0.25) is 5.96 Å². The van der Waals surface area contributed by atoms with Crippen molar-refractivity contribution in [2.75, 3.05) is 7.11 Å². The number of benzene rings is 2. The molecule has 1 aliphatic carbocycles. The SMILES string of the molecule is COc1ccccc1C1=CCCc2ccc(C(=O)N=C(N)n3nc(C)cc3C)cc21. The van der Waals surface area contributed by atoms with Crippen LogP contribution in [0.4, 0.5) is 0 Å². The molecule has 0 saturated heterocycles. The number of methoxy groups -OCH3 is 1. The van der Waals surface area contributed by atoms with Gasteiger partial charge in [-0.2, -0.15) is 10.1 Å². The van der Waals surface area contributed by atoms with Crippen molar-refractivity contribution in [3.05, 3.63) is 88.2 Å². The number of aryl methyl sites for hydroxylation is 3. The molecule has 0 saturated carbocycles. The molecule has 1 aliphatic rings. The van der Waals surface area contributed by atoms with E-state index in [1.165, 1.54) is 10.2 Å². The van der Waals surface area contributed by atoms with E-state index in [2.05, 4.69) is 16.2 Å². The minimum Gasteiger partial charge on any atom is -0.496 e. The van der Waals surface area contributed by atoms with Crippen molar-refractivity contribution in [2.24, 2.45) is 10.7 Å². The zero-order valence-corrected chi connectivity index (χ0v) is 17.3. The summed E-state index contributed by atoms with van der Waals surface area (Å²) in [5.74, 6) is 0.469. The molecule has 6 heteroatoms. The van der Waals surface area contributed by atoms with Crippen LogP contribution in [-0.2, 0) is 6.42 Å². The van der Waals surface area contributed by atoms with E-state index in [1.54, 1.807) is 7.11 Å². The van der Waals surface area contributed by atoms with Gasteiger partial charge < -0.3 is 10.5 Å². The summed E-state index contributed by atoms with van der Waals surface area (Å²) in [6.45, 7) is 3.74. The molecule has 0 aliphatic heterocycles. The lowest BCUT2D eigenvalue weighted by Crippen LogP contribution is -2.26. The van der Waals surface area contributed by atoms with E-state index in [9.17, 15) is 4.79 Å². The smallest absolute Gasteiger partial charge is 0.280 e. The second kappa shape index (κ2) is 7.99. The number of fused-ring (bicyclic) bond motifs is 1. The van der Waals surface area contributed by atoms with E-state index in [-0.39, 0.29) is 5.96 Å². The third-order valence-electron chi connectivity index (χ3n) is 5.25. The monoisotopic (exact) mass is 400 g/mol. The maximum atomic E-state index is 12.8. The van der Waals surface area contributed by atoms with Crippen molar-refractivity contribution < 1.29 is 9.53 Å². The average Bonchev–Trinajstić information content (AvgIpc) is 3.10. The molecule has 6 nitrogen and oxygen atoms in total. The minimum atomic E-state index is -0.396. The van der Waals surface area contributed by atoms with Gasteiger partial charge in [0.1, 0.15) is 5.75 Å². The van der Waals surface area contributed by atoms with Crippen molar-refractivity contribution >= 4 is 17.4 Å². The van der Waals surface area contributed by atoms with Crippen LogP contribution in [0.15, 0.2) is 59.6 Å². The molecule has 30 heavy (non-hydrogen) atoms. The topological polar surface area (TPSA) is 82.5 Å². The highest BCUT2D eigenvalue weighted by molar-refractivity contribution is 6.03. The number of hydrogen-bond donors (Lipinski definition) is 1. The predicted octanol–water partition coefficient (Wildman–Crippen LogP) is 3.89. The fourth-order valence-corrected chi connectivity index (χ4v) is 3.86. The summed E-state index contributed by atoms with van der Waals surface area (Å²) < 4.78 is 7.03. The summed E-state index contributed by atoms with van der Waals surface area (Å²) in [6.07, 6.45) is 4.07. The first-order valence-electron chi connectivity index (χ1n) is 9.87. The number of carbonyl (C=O) groups is 1. The van der Waals surface area contributed by atoms with Gasteiger partial charge in [-0.05, 0) is 67.7 Å². The molecule has 4 rings (SSSR count). The van der Waals surface area contributed by atoms with Crippen molar-refractivity contribution in [3.8, 4) is 5.75 Å². The lowest BCUT2D eigenvalue weighted by molar-refractivity contribution is 0.100. The lowest BCUT2D eigenvalue weighted by atomic mass is 9.85.